The smallest absolute Gasteiger partial charge is 0.427 e. The van der Waals surface area contributed by atoms with Gasteiger partial charge < -0.3 is 29.7 Å². The van der Waals surface area contributed by atoms with Crippen molar-refractivity contribution in [3.63, 3.8) is 0 Å². The number of nitrogens with zero attached hydrogens (tertiary/aromatic N) is 3. The number of halogens is 3. The summed E-state index contributed by atoms with van der Waals surface area (Å²) >= 11 is 0. The summed E-state index contributed by atoms with van der Waals surface area (Å²) in [6.45, 7) is 4.91. The van der Waals surface area contributed by atoms with Gasteiger partial charge >= 0.3 is 12.3 Å². The van der Waals surface area contributed by atoms with Crippen LogP contribution in [0.4, 0.5) is 18.0 Å². The van der Waals surface area contributed by atoms with Crippen molar-refractivity contribution in [1.82, 2.24) is 30.2 Å². The van der Waals surface area contributed by atoms with E-state index in [0.29, 0.717) is 69.2 Å². The molecule has 3 heterocycles. The zero-order chi connectivity index (χ0) is 41.5. The normalized spacial score (nSPS) is 28.6. The third-order valence-corrected chi connectivity index (χ3v) is 13.1. The zero-order valence-electron chi connectivity index (χ0n) is 32.4. The van der Waals surface area contributed by atoms with Gasteiger partial charge in [0.25, 0.3) is 5.91 Å². The number of rotatable bonds is 9. The number of nitrogens with one attached hydrogen (secondary N) is 3. The Morgan fingerprint density at radius 2 is 1.84 bits per heavy atom. The molecule has 6 rings (SSSR count). The van der Waals surface area contributed by atoms with Crippen LogP contribution in [0.25, 0.3) is 11.0 Å². The maximum absolute atomic E-state index is 14.8. The summed E-state index contributed by atoms with van der Waals surface area (Å²) in [6, 6.07) is 2.33. The number of alkyl carbamates (subject to hydrolysis) is 1. The third kappa shape index (κ3) is 9.23. The standard InChI is InChI=1S/C38H49F3N6O9S/c1-6-22-15-21(2)9-7-8-10-23-18-37(23,34(50)46-57(52,53)26-12-13-26)45-32(48)29-17-25(55-30-19-42-27-14-11-24(54-5)16-28(27)43-30)20-47(29)33(49)31(22)44-35(51)56-36(3,4)38(39,40)41/h8,10-11,14,16,19,21-23,25-26,29,31H,6-7,9,12-13,15,17-18,20H2,1-5H3,(H,44,51)(H,45,48)(H,46,50). The first-order valence-electron chi connectivity index (χ1n) is 19.2. The van der Waals surface area contributed by atoms with Crippen LogP contribution in [0.2, 0.25) is 0 Å². The molecule has 3 fully saturated rings. The van der Waals surface area contributed by atoms with Gasteiger partial charge in [0.1, 0.15) is 29.5 Å². The van der Waals surface area contributed by atoms with Crippen LogP contribution in [0, 0.1) is 17.8 Å². The van der Waals surface area contributed by atoms with Crippen LogP contribution in [0.5, 0.6) is 11.6 Å². The maximum Gasteiger partial charge on any atom is 0.427 e. The van der Waals surface area contributed by atoms with Crippen molar-refractivity contribution in [2.75, 3.05) is 13.7 Å². The fourth-order valence-electron chi connectivity index (χ4n) is 7.49. The largest absolute Gasteiger partial charge is 0.497 e. The first-order valence-corrected chi connectivity index (χ1v) is 20.7. The minimum absolute atomic E-state index is 0.0317. The number of carbonyl (C=O) groups is 4. The summed E-state index contributed by atoms with van der Waals surface area (Å²) in [5.41, 5.74) is -3.52. The van der Waals surface area contributed by atoms with E-state index in [0.717, 1.165) is 0 Å². The van der Waals surface area contributed by atoms with Crippen LogP contribution in [0.1, 0.15) is 79.1 Å². The lowest BCUT2D eigenvalue weighted by atomic mass is 9.85. The molecule has 1 saturated heterocycles. The Labute approximate surface area is 328 Å². The molecule has 1 aromatic heterocycles. The molecule has 7 unspecified atom stereocenters. The van der Waals surface area contributed by atoms with Gasteiger partial charge in [-0.05, 0) is 76.3 Å². The highest BCUT2D eigenvalue weighted by molar-refractivity contribution is 7.91. The van der Waals surface area contributed by atoms with E-state index in [2.05, 4.69) is 25.3 Å². The average molecular weight is 823 g/mol. The lowest BCUT2D eigenvalue weighted by Crippen LogP contribution is -2.59. The number of amides is 4. The molecule has 1 aromatic carbocycles. The molecule has 2 saturated carbocycles. The van der Waals surface area contributed by atoms with Crippen LogP contribution in [-0.4, -0.2) is 102 Å². The number of methoxy groups -OCH3 is 1. The van der Waals surface area contributed by atoms with E-state index in [9.17, 15) is 40.8 Å². The van der Waals surface area contributed by atoms with Crippen molar-refractivity contribution in [2.24, 2.45) is 17.8 Å². The number of alkyl halides is 3. The Morgan fingerprint density at radius 3 is 2.51 bits per heavy atom. The van der Waals surface area contributed by atoms with E-state index in [1.54, 1.807) is 31.2 Å². The van der Waals surface area contributed by atoms with Gasteiger partial charge in [0.2, 0.25) is 33.3 Å². The van der Waals surface area contributed by atoms with Gasteiger partial charge in [-0.2, -0.15) is 13.2 Å². The van der Waals surface area contributed by atoms with E-state index in [1.165, 1.54) is 18.2 Å². The topological polar surface area (TPSA) is 195 Å². The molecule has 3 N–H and O–H groups in total. The van der Waals surface area contributed by atoms with Gasteiger partial charge in [-0.15, -0.1) is 0 Å². The summed E-state index contributed by atoms with van der Waals surface area (Å²) in [4.78, 5) is 66.2. The second kappa shape index (κ2) is 15.9. The highest BCUT2D eigenvalue weighted by Gasteiger charge is 2.62. The molecule has 0 bridgehead atoms. The van der Waals surface area contributed by atoms with E-state index in [4.69, 9.17) is 14.2 Å². The summed E-state index contributed by atoms with van der Waals surface area (Å²) < 4.78 is 85.4. The molecule has 7 atom stereocenters. The molecule has 15 nitrogen and oxygen atoms in total. The van der Waals surface area contributed by atoms with Crippen molar-refractivity contribution in [2.45, 2.75) is 120 Å². The number of carbonyl (C=O) groups excluding carboxylic acids is 4. The van der Waals surface area contributed by atoms with Gasteiger partial charge in [0, 0.05) is 18.4 Å². The van der Waals surface area contributed by atoms with Gasteiger partial charge in [-0.3, -0.25) is 19.1 Å². The van der Waals surface area contributed by atoms with Gasteiger partial charge in [0.05, 0.1) is 36.1 Å². The Bertz CT molecular complexity index is 2030. The van der Waals surface area contributed by atoms with E-state index >= 15 is 0 Å². The Balaban J connectivity index is 1.35. The van der Waals surface area contributed by atoms with Crippen LogP contribution in [0.3, 0.4) is 0 Å². The average Bonchev–Trinajstić information content (AvgIpc) is 4.07. The van der Waals surface area contributed by atoms with Crippen LogP contribution in [0.15, 0.2) is 36.5 Å². The highest BCUT2D eigenvalue weighted by Crippen LogP contribution is 2.46. The number of hydrogen-bond acceptors (Lipinski definition) is 11. The fraction of sp³-hybridized carbons (Fsp3) is 0.632. The van der Waals surface area contributed by atoms with Crippen molar-refractivity contribution < 1.29 is 55.0 Å². The van der Waals surface area contributed by atoms with Crippen LogP contribution < -0.4 is 24.8 Å². The molecule has 57 heavy (non-hydrogen) atoms. The Morgan fingerprint density at radius 1 is 1.11 bits per heavy atom. The monoisotopic (exact) mass is 822 g/mol. The molecular formula is C38H49F3N6O9S. The summed E-state index contributed by atoms with van der Waals surface area (Å²) in [5.74, 6) is -3.01. The summed E-state index contributed by atoms with van der Waals surface area (Å²) in [6.07, 6.45) is 0.458. The van der Waals surface area contributed by atoms with Crippen molar-refractivity contribution in [3.05, 3.63) is 36.5 Å². The van der Waals surface area contributed by atoms with Gasteiger partial charge in [0.15, 0.2) is 0 Å². The van der Waals surface area contributed by atoms with E-state index in [1.807, 2.05) is 13.0 Å². The molecule has 4 amide bonds. The van der Waals surface area contributed by atoms with Gasteiger partial charge in [-0.25, -0.2) is 23.2 Å². The first-order chi connectivity index (χ1) is 26.8. The number of fused-ring (bicyclic) bond motifs is 3. The quantitative estimate of drug-likeness (QED) is 0.305. The number of ether oxygens (including phenoxy) is 3. The molecular weight excluding hydrogens is 774 g/mol. The molecule has 312 valence electrons. The predicted molar refractivity (Wildman–Crippen MR) is 199 cm³/mol. The number of benzene rings is 1. The number of allylic oxidation sites excluding steroid dienone is 1. The van der Waals surface area contributed by atoms with E-state index in [-0.39, 0.29) is 31.2 Å². The highest BCUT2D eigenvalue weighted by atomic mass is 32.2. The third-order valence-electron chi connectivity index (χ3n) is 11.3. The molecule has 19 heteroatoms. The molecule has 0 radical (unpaired) electrons. The summed E-state index contributed by atoms with van der Waals surface area (Å²) in [7, 11) is -2.48. The van der Waals surface area contributed by atoms with E-state index < -0.39 is 86.4 Å². The second-order valence-corrected chi connectivity index (χ2v) is 18.0. The lowest BCUT2D eigenvalue weighted by molar-refractivity contribution is -0.244. The number of hydrogen-bond donors (Lipinski definition) is 3. The summed E-state index contributed by atoms with van der Waals surface area (Å²) in [5, 5.41) is 4.49. The maximum atomic E-state index is 14.8. The zero-order valence-corrected chi connectivity index (χ0v) is 33.2. The Kier molecular flexibility index (Phi) is 11.7. The number of sulfonamides is 1. The molecule has 4 aliphatic rings. The Hall–Kier alpha value is -4.68. The van der Waals surface area contributed by atoms with Crippen molar-refractivity contribution in [3.8, 4) is 11.6 Å². The minimum Gasteiger partial charge on any atom is -0.497 e. The first kappa shape index (κ1) is 41.9. The molecule has 2 aliphatic carbocycles. The number of aromatic nitrogens is 2. The van der Waals surface area contributed by atoms with Crippen LogP contribution in [-0.2, 0) is 29.1 Å². The van der Waals surface area contributed by atoms with Crippen molar-refractivity contribution in [1.29, 1.82) is 0 Å². The lowest BCUT2D eigenvalue weighted by Gasteiger charge is -2.35. The molecule has 0 spiro atoms. The van der Waals surface area contributed by atoms with Crippen LogP contribution >= 0.6 is 0 Å². The second-order valence-electron chi connectivity index (χ2n) is 16.0. The predicted octanol–water partition coefficient (Wildman–Crippen LogP) is 4.31. The van der Waals surface area contributed by atoms with Crippen molar-refractivity contribution >= 4 is 44.9 Å². The fourth-order valence-corrected chi connectivity index (χ4v) is 8.85. The minimum atomic E-state index is -4.91. The molecule has 2 aromatic rings. The SMILES string of the molecule is CCC1CC(C)CCC=CC2CC2(C(=O)NS(=O)(=O)C2CC2)NC(=O)C2CC(Oc3cnc4ccc(OC)cc4n3)CN2C(=O)C1NC(=O)OC(C)(C)C(F)(F)F. The van der Waals surface area contributed by atoms with Gasteiger partial charge in [-0.1, -0.05) is 32.4 Å². The molecule has 2 aliphatic heterocycles.